The van der Waals surface area contributed by atoms with Crippen molar-refractivity contribution in [1.82, 2.24) is 10.2 Å². The Kier molecular flexibility index (Phi) is 4.96. The molecule has 0 aliphatic carbocycles. The van der Waals surface area contributed by atoms with Crippen LogP contribution in [-0.4, -0.2) is 47.0 Å². The summed E-state index contributed by atoms with van der Waals surface area (Å²) in [5.41, 5.74) is 0. The van der Waals surface area contributed by atoms with Crippen LogP contribution >= 0.6 is 11.8 Å². The highest BCUT2D eigenvalue weighted by Gasteiger charge is 2.34. The molecule has 2 aliphatic rings. The maximum absolute atomic E-state index is 12.6. The van der Waals surface area contributed by atoms with Gasteiger partial charge in [-0.3, -0.25) is 4.79 Å². The van der Waals surface area contributed by atoms with Crippen LogP contribution in [0.5, 0.6) is 0 Å². The van der Waals surface area contributed by atoms with E-state index < -0.39 is 0 Å². The van der Waals surface area contributed by atoms with E-state index in [0.717, 1.165) is 31.2 Å². The topological polar surface area (TPSA) is 32.3 Å². The Morgan fingerprint density at radius 1 is 1.44 bits per heavy atom. The van der Waals surface area contributed by atoms with Crippen molar-refractivity contribution in [3.05, 3.63) is 0 Å². The predicted octanol–water partition coefficient (Wildman–Crippen LogP) is 2.12. The third kappa shape index (κ3) is 3.02. The largest absolute Gasteiger partial charge is 0.337 e. The van der Waals surface area contributed by atoms with Crippen molar-refractivity contribution < 1.29 is 4.79 Å². The summed E-state index contributed by atoms with van der Waals surface area (Å²) in [6, 6.07) is 0.446. The second-order valence-corrected chi connectivity index (χ2v) is 7.14. The molecule has 1 N–H and O–H groups in total. The Morgan fingerprint density at radius 2 is 2.22 bits per heavy atom. The minimum absolute atomic E-state index is 0.0708. The van der Waals surface area contributed by atoms with Gasteiger partial charge in [0.15, 0.2) is 0 Å². The normalized spacial score (nSPS) is 37.6. The average Bonchev–Trinajstić information content (AvgIpc) is 2.41. The molecule has 4 unspecified atom stereocenters. The van der Waals surface area contributed by atoms with E-state index in [2.05, 4.69) is 31.0 Å². The van der Waals surface area contributed by atoms with Gasteiger partial charge in [0.1, 0.15) is 0 Å². The second kappa shape index (κ2) is 6.29. The number of rotatable bonds is 2. The first-order chi connectivity index (χ1) is 8.63. The molecule has 0 aromatic heterocycles. The number of carbonyl (C=O) groups excluding carboxylic acids is 1. The smallest absolute Gasteiger partial charge is 0.240 e. The van der Waals surface area contributed by atoms with Crippen LogP contribution in [0.1, 0.15) is 40.0 Å². The molecular formula is C14H26N2OS. The number of hydrogen-bond acceptors (Lipinski definition) is 3. The summed E-state index contributed by atoms with van der Waals surface area (Å²) in [5, 5.41) is 3.98. The van der Waals surface area contributed by atoms with Crippen LogP contribution in [0.25, 0.3) is 0 Å². The van der Waals surface area contributed by atoms with Gasteiger partial charge < -0.3 is 10.2 Å². The molecule has 18 heavy (non-hydrogen) atoms. The minimum Gasteiger partial charge on any atom is -0.337 e. The molecule has 4 heteroatoms. The lowest BCUT2D eigenvalue weighted by Gasteiger charge is -2.41. The van der Waals surface area contributed by atoms with E-state index in [-0.39, 0.29) is 6.04 Å². The van der Waals surface area contributed by atoms with Gasteiger partial charge in [0.2, 0.25) is 5.91 Å². The lowest BCUT2D eigenvalue weighted by molar-refractivity contribution is -0.136. The van der Waals surface area contributed by atoms with Crippen molar-refractivity contribution in [1.29, 1.82) is 0 Å². The van der Waals surface area contributed by atoms with Gasteiger partial charge in [-0.05, 0) is 32.2 Å². The van der Waals surface area contributed by atoms with Gasteiger partial charge in [-0.1, -0.05) is 20.3 Å². The molecule has 104 valence electrons. The Balaban J connectivity index is 1.97. The molecular weight excluding hydrogens is 244 g/mol. The van der Waals surface area contributed by atoms with E-state index in [1.807, 2.05) is 11.8 Å². The SMILES string of the molecule is CCC1CCNC(C(=O)N2CCSC(C)C2C)C1. The van der Waals surface area contributed by atoms with Gasteiger partial charge >= 0.3 is 0 Å². The standard InChI is InChI=1S/C14H26N2OS/c1-4-12-5-6-15-13(9-12)14(17)16-7-8-18-11(3)10(16)2/h10-13,15H,4-9H2,1-3H3. The zero-order valence-electron chi connectivity index (χ0n) is 11.8. The van der Waals surface area contributed by atoms with Crippen molar-refractivity contribution in [2.75, 3.05) is 18.8 Å². The first-order valence-electron chi connectivity index (χ1n) is 7.29. The molecule has 0 aromatic carbocycles. The Labute approximate surface area is 115 Å². The summed E-state index contributed by atoms with van der Waals surface area (Å²) in [4.78, 5) is 14.7. The molecule has 2 rings (SSSR count). The fourth-order valence-corrected chi connectivity index (χ4v) is 4.10. The predicted molar refractivity (Wildman–Crippen MR) is 77.9 cm³/mol. The third-order valence-electron chi connectivity index (χ3n) is 4.55. The van der Waals surface area contributed by atoms with Gasteiger partial charge in [-0.2, -0.15) is 11.8 Å². The summed E-state index contributed by atoms with van der Waals surface area (Å²) >= 11 is 1.98. The quantitative estimate of drug-likeness (QED) is 0.834. The fourth-order valence-electron chi connectivity index (χ4n) is 3.00. The average molecular weight is 270 g/mol. The number of carbonyl (C=O) groups is 1. The number of nitrogens with zero attached hydrogens (tertiary/aromatic N) is 1. The van der Waals surface area contributed by atoms with Crippen molar-refractivity contribution in [3.8, 4) is 0 Å². The van der Waals surface area contributed by atoms with Gasteiger partial charge in [-0.15, -0.1) is 0 Å². The summed E-state index contributed by atoms with van der Waals surface area (Å²) in [6.07, 6.45) is 3.45. The molecule has 0 saturated carbocycles. The van der Waals surface area contributed by atoms with Crippen LogP contribution in [0.4, 0.5) is 0 Å². The summed E-state index contributed by atoms with van der Waals surface area (Å²) < 4.78 is 0. The molecule has 3 nitrogen and oxygen atoms in total. The van der Waals surface area contributed by atoms with Gasteiger partial charge in [0.05, 0.1) is 6.04 Å². The summed E-state index contributed by atoms with van der Waals surface area (Å²) in [7, 11) is 0. The number of piperidine rings is 1. The minimum atomic E-state index is 0.0708. The number of nitrogens with one attached hydrogen (secondary N) is 1. The molecule has 0 spiro atoms. The van der Waals surface area contributed by atoms with Crippen LogP contribution in [0, 0.1) is 5.92 Å². The van der Waals surface area contributed by atoms with E-state index in [1.165, 1.54) is 12.8 Å². The monoisotopic (exact) mass is 270 g/mol. The second-order valence-electron chi connectivity index (χ2n) is 5.65. The zero-order valence-corrected chi connectivity index (χ0v) is 12.6. The molecule has 0 radical (unpaired) electrons. The highest BCUT2D eigenvalue weighted by atomic mass is 32.2. The van der Waals surface area contributed by atoms with Gasteiger partial charge in [0.25, 0.3) is 0 Å². The van der Waals surface area contributed by atoms with Gasteiger partial charge in [-0.25, -0.2) is 0 Å². The number of hydrogen-bond donors (Lipinski definition) is 1. The lowest BCUT2D eigenvalue weighted by Crippen LogP contribution is -2.56. The van der Waals surface area contributed by atoms with E-state index in [9.17, 15) is 4.79 Å². The zero-order chi connectivity index (χ0) is 13.1. The highest BCUT2D eigenvalue weighted by molar-refractivity contribution is 8.00. The van der Waals surface area contributed by atoms with Crippen LogP contribution in [-0.2, 0) is 4.79 Å². The molecule has 2 aliphatic heterocycles. The maximum Gasteiger partial charge on any atom is 0.240 e. The van der Waals surface area contributed by atoms with Crippen LogP contribution in [0.15, 0.2) is 0 Å². The first kappa shape index (κ1) is 14.2. The van der Waals surface area contributed by atoms with Crippen molar-refractivity contribution in [2.45, 2.75) is 57.4 Å². The van der Waals surface area contributed by atoms with Crippen LogP contribution < -0.4 is 5.32 Å². The maximum atomic E-state index is 12.6. The number of amides is 1. The Bertz CT molecular complexity index is 298. The van der Waals surface area contributed by atoms with Crippen LogP contribution in [0.2, 0.25) is 0 Å². The van der Waals surface area contributed by atoms with Gasteiger partial charge in [0, 0.05) is 23.6 Å². The van der Waals surface area contributed by atoms with E-state index in [0.29, 0.717) is 17.2 Å². The molecule has 0 aromatic rings. The summed E-state index contributed by atoms with van der Waals surface area (Å²) in [6.45, 7) is 8.58. The Morgan fingerprint density at radius 3 is 2.94 bits per heavy atom. The third-order valence-corrected chi connectivity index (χ3v) is 5.89. The summed E-state index contributed by atoms with van der Waals surface area (Å²) in [5.74, 6) is 2.15. The molecule has 4 atom stereocenters. The molecule has 2 fully saturated rings. The fraction of sp³-hybridized carbons (Fsp3) is 0.929. The first-order valence-corrected chi connectivity index (χ1v) is 8.33. The Hall–Kier alpha value is -0.220. The van der Waals surface area contributed by atoms with Crippen molar-refractivity contribution in [2.24, 2.45) is 5.92 Å². The molecule has 2 heterocycles. The van der Waals surface area contributed by atoms with Crippen molar-refractivity contribution in [3.63, 3.8) is 0 Å². The lowest BCUT2D eigenvalue weighted by atomic mass is 9.89. The van der Waals surface area contributed by atoms with Crippen LogP contribution in [0.3, 0.4) is 0 Å². The molecule has 2 saturated heterocycles. The van der Waals surface area contributed by atoms with E-state index >= 15 is 0 Å². The highest BCUT2D eigenvalue weighted by Crippen LogP contribution is 2.27. The molecule has 0 bridgehead atoms. The molecule has 1 amide bonds. The van der Waals surface area contributed by atoms with E-state index in [1.54, 1.807) is 0 Å². The number of thioether (sulfide) groups is 1. The van der Waals surface area contributed by atoms with Crippen molar-refractivity contribution >= 4 is 17.7 Å². The van der Waals surface area contributed by atoms with E-state index in [4.69, 9.17) is 0 Å².